The predicted octanol–water partition coefficient (Wildman–Crippen LogP) is 2.57. The van der Waals surface area contributed by atoms with E-state index in [-0.39, 0.29) is 24.2 Å². The van der Waals surface area contributed by atoms with Gasteiger partial charge in [-0.05, 0) is 61.5 Å². The number of piperidine rings is 1. The second-order valence-corrected chi connectivity index (χ2v) is 6.41. The van der Waals surface area contributed by atoms with E-state index in [9.17, 15) is 9.59 Å². The van der Waals surface area contributed by atoms with Crippen LogP contribution in [0.2, 0.25) is 0 Å². The zero-order valence-electron chi connectivity index (χ0n) is 13.4. The molecular formula is C17H24ClN3O2. The van der Waals surface area contributed by atoms with E-state index in [2.05, 4.69) is 22.9 Å². The van der Waals surface area contributed by atoms with E-state index < -0.39 is 0 Å². The maximum Gasteiger partial charge on any atom is 0.228 e. The Bertz CT molecular complexity index is 585. The number of fused-ring (bicyclic) bond motifs is 1. The lowest BCUT2D eigenvalue weighted by atomic mass is 9.84. The third-order valence-corrected chi connectivity index (χ3v) is 4.71. The molecule has 2 aliphatic heterocycles. The molecule has 0 spiro atoms. The number of halogens is 1. The molecule has 23 heavy (non-hydrogen) atoms. The molecule has 0 radical (unpaired) electrons. The van der Waals surface area contributed by atoms with Crippen LogP contribution >= 0.6 is 12.4 Å². The molecule has 3 rings (SSSR count). The van der Waals surface area contributed by atoms with Crippen molar-refractivity contribution in [3.8, 4) is 0 Å². The third kappa shape index (κ3) is 4.45. The number of benzene rings is 1. The van der Waals surface area contributed by atoms with Crippen LogP contribution < -0.4 is 16.0 Å². The van der Waals surface area contributed by atoms with E-state index >= 15 is 0 Å². The second-order valence-electron chi connectivity index (χ2n) is 6.41. The van der Waals surface area contributed by atoms with Crippen LogP contribution in [0.4, 0.5) is 11.4 Å². The van der Waals surface area contributed by atoms with E-state index in [4.69, 9.17) is 0 Å². The molecule has 1 aromatic carbocycles. The number of amides is 2. The van der Waals surface area contributed by atoms with Gasteiger partial charge in [0.1, 0.15) is 0 Å². The second kappa shape index (κ2) is 7.79. The van der Waals surface area contributed by atoms with Gasteiger partial charge < -0.3 is 16.0 Å². The van der Waals surface area contributed by atoms with Crippen LogP contribution in [0, 0.1) is 11.8 Å². The highest BCUT2D eigenvalue weighted by atomic mass is 35.5. The van der Waals surface area contributed by atoms with E-state index in [1.807, 2.05) is 18.2 Å². The molecule has 2 heterocycles. The molecule has 1 unspecified atom stereocenters. The summed E-state index contributed by atoms with van der Waals surface area (Å²) >= 11 is 0. The summed E-state index contributed by atoms with van der Waals surface area (Å²) in [5, 5.41) is 9.11. The molecule has 2 aliphatic rings. The van der Waals surface area contributed by atoms with Crippen LogP contribution in [-0.4, -0.2) is 24.9 Å². The number of hydrogen-bond acceptors (Lipinski definition) is 3. The molecular weight excluding hydrogens is 314 g/mol. The minimum absolute atomic E-state index is 0. The van der Waals surface area contributed by atoms with E-state index in [0.29, 0.717) is 24.7 Å². The summed E-state index contributed by atoms with van der Waals surface area (Å²) in [7, 11) is 0. The van der Waals surface area contributed by atoms with Crippen LogP contribution in [0.1, 0.15) is 31.7 Å². The van der Waals surface area contributed by atoms with E-state index in [1.54, 1.807) is 0 Å². The summed E-state index contributed by atoms with van der Waals surface area (Å²) < 4.78 is 0. The lowest BCUT2D eigenvalue weighted by Gasteiger charge is -2.27. The van der Waals surface area contributed by atoms with Crippen molar-refractivity contribution in [1.82, 2.24) is 5.32 Å². The maximum absolute atomic E-state index is 12.2. The first kappa shape index (κ1) is 17.8. The summed E-state index contributed by atoms with van der Waals surface area (Å²) in [6.07, 6.45) is 3.26. The molecule has 1 fully saturated rings. The fraction of sp³-hybridized carbons (Fsp3) is 0.529. The monoisotopic (exact) mass is 337 g/mol. The standard InChI is InChI=1S/C17H23N3O2.ClH/c1-11(12-4-6-18-7-5-12)8-16(21)19-14-2-3-15-13(9-14)10-17(22)20-15;/h2-3,9,11-12,18H,4-8,10H2,1H3,(H,19,21)(H,20,22);1H. The first-order chi connectivity index (χ1) is 10.6. The average molecular weight is 338 g/mol. The van der Waals surface area contributed by atoms with Gasteiger partial charge in [-0.1, -0.05) is 6.92 Å². The Morgan fingerprint density at radius 2 is 2.09 bits per heavy atom. The Labute approximate surface area is 143 Å². The van der Waals surface area contributed by atoms with Crippen molar-refractivity contribution in [2.75, 3.05) is 23.7 Å². The molecule has 1 atom stereocenters. The molecule has 1 saturated heterocycles. The number of hydrogen-bond donors (Lipinski definition) is 3. The number of nitrogens with one attached hydrogen (secondary N) is 3. The van der Waals surface area contributed by atoms with Gasteiger partial charge in [0.2, 0.25) is 11.8 Å². The van der Waals surface area contributed by atoms with Crippen molar-refractivity contribution < 1.29 is 9.59 Å². The van der Waals surface area contributed by atoms with Crippen LogP contribution in [0.5, 0.6) is 0 Å². The minimum atomic E-state index is 0. The Kier molecular flexibility index (Phi) is 6.02. The van der Waals surface area contributed by atoms with E-state index in [0.717, 1.165) is 42.9 Å². The molecule has 3 N–H and O–H groups in total. The highest BCUT2D eigenvalue weighted by molar-refractivity contribution is 6.00. The molecule has 5 nitrogen and oxygen atoms in total. The average Bonchev–Trinajstić information content (AvgIpc) is 2.87. The Balaban J connectivity index is 0.00000192. The fourth-order valence-electron chi connectivity index (χ4n) is 3.39. The smallest absolute Gasteiger partial charge is 0.228 e. The van der Waals surface area contributed by atoms with Crippen LogP contribution in [-0.2, 0) is 16.0 Å². The molecule has 0 bridgehead atoms. The van der Waals surface area contributed by atoms with E-state index in [1.165, 1.54) is 0 Å². The van der Waals surface area contributed by atoms with Gasteiger partial charge in [0.25, 0.3) is 0 Å². The molecule has 0 aromatic heterocycles. The predicted molar refractivity (Wildman–Crippen MR) is 94.0 cm³/mol. The summed E-state index contributed by atoms with van der Waals surface area (Å²) in [6.45, 7) is 4.28. The Hall–Kier alpha value is -1.59. The van der Waals surface area contributed by atoms with Gasteiger partial charge in [-0.25, -0.2) is 0 Å². The number of carbonyl (C=O) groups is 2. The first-order valence-corrected chi connectivity index (χ1v) is 8.05. The molecule has 6 heteroatoms. The zero-order valence-corrected chi connectivity index (χ0v) is 14.2. The Morgan fingerprint density at radius 1 is 1.35 bits per heavy atom. The zero-order chi connectivity index (χ0) is 15.5. The summed E-state index contributed by atoms with van der Waals surface area (Å²) in [5.41, 5.74) is 2.58. The lowest BCUT2D eigenvalue weighted by Crippen LogP contribution is -2.32. The maximum atomic E-state index is 12.2. The summed E-state index contributed by atoms with van der Waals surface area (Å²) in [6, 6.07) is 5.59. The highest BCUT2D eigenvalue weighted by Gasteiger charge is 2.22. The first-order valence-electron chi connectivity index (χ1n) is 8.05. The lowest BCUT2D eigenvalue weighted by molar-refractivity contribution is -0.117. The van der Waals surface area contributed by atoms with Gasteiger partial charge >= 0.3 is 0 Å². The van der Waals surface area contributed by atoms with Crippen LogP contribution in [0.25, 0.3) is 0 Å². The van der Waals surface area contributed by atoms with Crippen LogP contribution in [0.3, 0.4) is 0 Å². The van der Waals surface area contributed by atoms with Gasteiger partial charge in [0, 0.05) is 17.8 Å². The van der Waals surface area contributed by atoms with Crippen molar-refractivity contribution in [3.05, 3.63) is 23.8 Å². The van der Waals surface area contributed by atoms with Crippen LogP contribution in [0.15, 0.2) is 18.2 Å². The topological polar surface area (TPSA) is 70.2 Å². The summed E-state index contributed by atoms with van der Waals surface area (Å²) in [4.78, 5) is 23.6. The number of anilines is 2. The molecule has 2 amide bonds. The largest absolute Gasteiger partial charge is 0.326 e. The molecule has 0 aliphatic carbocycles. The summed E-state index contributed by atoms with van der Waals surface area (Å²) in [5.74, 6) is 1.11. The fourth-order valence-corrected chi connectivity index (χ4v) is 3.39. The third-order valence-electron chi connectivity index (χ3n) is 4.71. The SMILES string of the molecule is CC(CC(=O)Nc1ccc2c(c1)CC(=O)N2)C1CCNCC1.Cl. The normalized spacial score (nSPS) is 18.6. The molecule has 0 saturated carbocycles. The van der Waals surface area contributed by atoms with Gasteiger partial charge in [-0.3, -0.25) is 9.59 Å². The van der Waals surface area contributed by atoms with Crippen molar-refractivity contribution in [3.63, 3.8) is 0 Å². The minimum Gasteiger partial charge on any atom is -0.326 e. The van der Waals surface area contributed by atoms with Crippen molar-refractivity contribution in [1.29, 1.82) is 0 Å². The van der Waals surface area contributed by atoms with Gasteiger partial charge in [0.15, 0.2) is 0 Å². The van der Waals surface area contributed by atoms with Gasteiger partial charge in [-0.15, -0.1) is 12.4 Å². The number of rotatable bonds is 4. The van der Waals surface area contributed by atoms with Gasteiger partial charge in [0.05, 0.1) is 6.42 Å². The quantitative estimate of drug-likeness (QED) is 0.790. The molecule has 1 aromatic rings. The van der Waals surface area contributed by atoms with Crippen molar-refractivity contribution >= 4 is 35.6 Å². The number of carbonyl (C=O) groups excluding carboxylic acids is 2. The van der Waals surface area contributed by atoms with Crippen molar-refractivity contribution in [2.45, 2.75) is 32.6 Å². The van der Waals surface area contributed by atoms with Crippen molar-refractivity contribution in [2.24, 2.45) is 11.8 Å². The Morgan fingerprint density at radius 3 is 2.83 bits per heavy atom. The molecule has 126 valence electrons. The highest BCUT2D eigenvalue weighted by Crippen LogP contribution is 2.27. The van der Waals surface area contributed by atoms with Gasteiger partial charge in [-0.2, -0.15) is 0 Å².